The van der Waals surface area contributed by atoms with Gasteiger partial charge in [-0.1, -0.05) is 25.4 Å². The molecular weight excluding hydrogens is 310 g/mol. The maximum absolute atomic E-state index is 11.4. The van der Waals surface area contributed by atoms with E-state index in [0.29, 0.717) is 23.2 Å². The van der Waals surface area contributed by atoms with Gasteiger partial charge in [0.2, 0.25) is 17.6 Å². The monoisotopic (exact) mass is 333 g/mol. The zero-order chi connectivity index (χ0) is 17.7. The van der Waals surface area contributed by atoms with Crippen LogP contribution in [0.3, 0.4) is 0 Å². The van der Waals surface area contributed by atoms with Gasteiger partial charge in [-0.15, -0.1) is 0 Å². The van der Waals surface area contributed by atoms with Gasteiger partial charge in [-0.05, 0) is 24.1 Å². The standard InChI is InChI=1S/C17H23N3O4/c1-6-10(2)15(18-11(3)21)17-19-16(20-24-17)12-7-8-13(22-4)14(9-12)23-5/h7-10,15H,6H2,1-5H3,(H,18,21)/t10-,15-/m1/s1. The second kappa shape index (κ2) is 7.81. The molecule has 7 heteroatoms. The van der Waals surface area contributed by atoms with Crippen molar-refractivity contribution in [2.45, 2.75) is 33.2 Å². The van der Waals surface area contributed by atoms with Gasteiger partial charge in [0.05, 0.1) is 14.2 Å². The molecule has 1 aromatic heterocycles. The maximum Gasteiger partial charge on any atom is 0.249 e. The van der Waals surface area contributed by atoms with Gasteiger partial charge in [0.25, 0.3) is 0 Å². The number of carbonyl (C=O) groups is 1. The van der Waals surface area contributed by atoms with Crippen LogP contribution in [0.25, 0.3) is 11.4 Å². The van der Waals surface area contributed by atoms with E-state index < -0.39 is 0 Å². The van der Waals surface area contributed by atoms with Crippen molar-refractivity contribution in [3.63, 3.8) is 0 Å². The highest BCUT2D eigenvalue weighted by Crippen LogP contribution is 2.32. The van der Waals surface area contributed by atoms with Gasteiger partial charge in [-0.3, -0.25) is 4.79 Å². The Morgan fingerprint density at radius 3 is 2.58 bits per heavy atom. The van der Waals surface area contributed by atoms with E-state index in [1.165, 1.54) is 6.92 Å². The SMILES string of the molecule is CC[C@@H](C)[C@@H](NC(C)=O)c1nc(-c2ccc(OC)c(OC)c2)no1. The van der Waals surface area contributed by atoms with E-state index in [9.17, 15) is 4.79 Å². The molecule has 2 atom stereocenters. The van der Waals surface area contributed by atoms with Crippen LogP contribution in [0.15, 0.2) is 22.7 Å². The predicted molar refractivity (Wildman–Crippen MR) is 88.9 cm³/mol. The van der Waals surface area contributed by atoms with Crippen LogP contribution in [0.1, 0.15) is 39.1 Å². The normalized spacial score (nSPS) is 13.2. The highest BCUT2D eigenvalue weighted by Gasteiger charge is 2.25. The number of hydrogen-bond donors (Lipinski definition) is 1. The van der Waals surface area contributed by atoms with Crippen LogP contribution >= 0.6 is 0 Å². The Balaban J connectivity index is 2.33. The summed E-state index contributed by atoms with van der Waals surface area (Å²) < 4.78 is 15.9. The summed E-state index contributed by atoms with van der Waals surface area (Å²) in [5.74, 6) is 2.08. The Hall–Kier alpha value is -2.57. The number of nitrogens with one attached hydrogen (secondary N) is 1. The summed E-state index contributed by atoms with van der Waals surface area (Å²) in [6, 6.07) is 5.08. The number of hydrogen-bond acceptors (Lipinski definition) is 6. The fourth-order valence-corrected chi connectivity index (χ4v) is 2.36. The van der Waals surface area contributed by atoms with E-state index in [1.54, 1.807) is 26.4 Å². The predicted octanol–water partition coefficient (Wildman–Crippen LogP) is 2.98. The van der Waals surface area contributed by atoms with Gasteiger partial charge in [0.15, 0.2) is 11.5 Å². The van der Waals surface area contributed by atoms with Crippen LogP contribution in [0.2, 0.25) is 0 Å². The molecule has 1 N–H and O–H groups in total. The van der Waals surface area contributed by atoms with Crippen molar-refractivity contribution in [3.8, 4) is 22.9 Å². The maximum atomic E-state index is 11.4. The lowest BCUT2D eigenvalue weighted by molar-refractivity contribution is -0.120. The molecule has 7 nitrogen and oxygen atoms in total. The lowest BCUT2D eigenvalue weighted by atomic mass is 9.99. The molecule has 0 saturated carbocycles. The minimum atomic E-state index is -0.311. The number of aromatic nitrogens is 2. The molecular formula is C17H23N3O4. The third-order valence-electron chi connectivity index (χ3n) is 3.92. The Bertz CT molecular complexity index is 699. The second-order valence-electron chi connectivity index (χ2n) is 5.59. The molecule has 2 aromatic rings. The first-order valence-corrected chi connectivity index (χ1v) is 7.83. The highest BCUT2D eigenvalue weighted by molar-refractivity contribution is 5.73. The van der Waals surface area contributed by atoms with Crippen LogP contribution in [0, 0.1) is 5.92 Å². The summed E-state index contributed by atoms with van der Waals surface area (Å²) in [6.45, 7) is 5.55. The van der Waals surface area contributed by atoms with Gasteiger partial charge in [-0.25, -0.2) is 0 Å². The topological polar surface area (TPSA) is 86.5 Å². The fourth-order valence-electron chi connectivity index (χ4n) is 2.36. The summed E-state index contributed by atoms with van der Waals surface area (Å²) >= 11 is 0. The quantitative estimate of drug-likeness (QED) is 0.838. The average Bonchev–Trinajstić information content (AvgIpc) is 3.07. The number of nitrogens with zero attached hydrogens (tertiary/aromatic N) is 2. The Morgan fingerprint density at radius 2 is 2.00 bits per heavy atom. The summed E-state index contributed by atoms with van der Waals surface area (Å²) in [5.41, 5.74) is 0.744. The average molecular weight is 333 g/mol. The Labute approximate surface area is 141 Å². The zero-order valence-corrected chi connectivity index (χ0v) is 14.6. The molecule has 0 aliphatic rings. The van der Waals surface area contributed by atoms with Crippen molar-refractivity contribution in [2.75, 3.05) is 14.2 Å². The Morgan fingerprint density at radius 1 is 1.29 bits per heavy atom. The molecule has 2 rings (SSSR count). The first-order valence-electron chi connectivity index (χ1n) is 7.83. The van der Waals surface area contributed by atoms with E-state index in [0.717, 1.165) is 12.0 Å². The molecule has 0 spiro atoms. The number of methoxy groups -OCH3 is 2. The lowest BCUT2D eigenvalue weighted by Crippen LogP contribution is -2.30. The van der Waals surface area contributed by atoms with Crippen LogP contribution < -0.4 is 14.8 Å². The molecule has 24 heavy (non-hydrogen) atoms. The largest absolute Gasteiger partial charge is 0.493 e. The van der Waals surface area contributed by atoms with Crippen LogP contribution in [0.5, 0.6) is 11.5 Å². The third-order valence-corrected chi connectivity index (χ3v) is 3.92. The number of benzene rings is 1. The minimum absolute atomic E-state index is 0.133. The number of rotatable bonds is 7. The van der Waals surface area contributed by atoms with Crippen molar-refractivity contribution >= 4 is 5.91 Å². The van der Waals surface area contributed by atoms with Crippen LogP contribution in [-0.2, 0) is 4.79 Å². The molecule has 0 fully saturated rings. The summed E-state index contributed by atoms with van der Waals surface area (Å²) in [6.07, 6.45) is 0.874. The second-order valence-corrected chi connectivity index (χ2v) is 5.59. The molecule has 0 saturated heterocycles. The van der Waals surface area contributed by atoms with Crippen LogP contribution in [0.4, 0.5) is 0 Å². The summed E-state index contributed by atoms with van der Waals surface area (Å²) in [5, 5.41) is 6.90. The van der Waals surface area contributed by atoms with Gasteiger partial charge < -0.3 is 19.3 Å². The first kappa shape index (κ1) is 17.8. The molecule has 0 radical (unpaired) electrons. The van der Waals surface area contributed by atoms with E-state index in [-0.39, 0.29) is 17.9 Å². The molecule has 0 bridgehead atoms. The molecule has 1 amide bonds. The summed E-state index contributed by atoms with van der Waals surface area (Å²) in [4.78, 5) is 15.9. The van der Waals surface area contributed by atoms with E-state index in [2.05, 4.69) is 15.5 Å². The first-order chi connectivity index (χ1) is 11.5. The molecule has 1 heterocycles. The molecule has 130 valence electrons. The molecule has 0 unspecified atom stereocenters. The number of ether oxygens (including phenoxy) is 2. The highest BCUT2D eigenvalue weighted by atomic mass is 16.5. The number of amides is 1. The van der Waals surface area contributed by atoms with Crippen molar-refractivity contribution in [2.24, 2.45) is 5.92 Å². The van der Waals surface area contributed by atoms with Crippen LogP contribution in [-0.4, -0.2) is 30.3 Å². The minimum Gasteiger partial charge on any atom is -0.493 e. The van der Waals surface area contributed by atoms with Gasteiger partial charge >= 0.3 is 0 Å². The zero-order valence-electron chi connectivity index (χ0n) is 14.6. The van der Waals surface area contributed by atoms with Crippen molar-refractivity contribution < 1.29 is 18.8 Å². The Kier molecular flexibility index (Phi) is 5.78. The fraction of sp³-hybridized carbons (Fsp3) is 0.471. The van der Waals surface area contributed by atoms with Crippen molar-refractivity contribution in [3.05, 3.63) is 24.1 Å². The van der Waals surface area contributed by atoms with Crippen molar-refractivity contribution in [1.82, 2.24) is 15.5 Å². The smallest absolute Gasteiger partial charge is 0.249 e. The third kappa shape index (κ3) is 3.84. The summed E-state index contributed by atoms with van der Waals surface area (Å²) in [7, 11) is 3.15. The van der Waals surface area contributed by atoms with Gasteiger partial charge in [-0.2, -0.15) is 4.98 Å². The van der Waals surface area contributed by atoms with Gasteiger partial charge in [0, 0.05) is 12.5 Å². The van der Waals surface area contributed by atoms with E-state index in [1.807, 2.05) is 19.9 Å². The lowest BCUT2D eigenvalue weighted by Gasteiger charge is -2.19. The van der Waals surface area contributed by atoms with Crippen molar-refractivity contribution in [1.29, 1.82) is 0 Å². The number of carbonyl (C=O) groups excluding carboxylic acids is 1. The van der Waals surface area contributed by atoms with Gasteiger partial charge in [0.1, 0.15) is 6.04 Å². The van der Waals surface area contributed by atoms with E-state index >= 15 is 0 Å². The molecule has 0 aliphatic carbocycles. The van der Waals surface area contributed by atoms with E-state index in [4.69, 9.17) is 14.0 Å². The molecule has 1 aromatic carbocycles. The molecule has 0 aliphatic heterocycles.